The molecule has 3 rings (SSSR count). The Morgan fingerprint density at radius 1 is 1.25 bits per heavy atom. The Kier molecular flexibility index (Phi) is 3.56. The second-order valence-corrected chi connectivity index (χ2v) is 5.00. The van der Waals surface area contributed by atoms with Gasteiger partial charge in [-0.05, 0) is 29.3 Å². The first-order valence-electron chi connectivity index (χ1n) is 6.64. The van der Waals surface area contributed by atoms with Crippen molar-refractivity contribution in [1.29, 1.82) is 0 Å². The van der Waals surface area contributed by atoms with E-state index in [-0.39, 0.29) is 11.9 Å². The molecule has 0 bridgehead atoms. The molecule has 0 saturated heterocycles. The molecule has 0 amide bonds. The predicted octanol–water partition coefficient (Wildman–Crippen LogP) is 2.62. The molecule has 2 aromatic rings. The Hall–Kier alpha value is -2.07. The van der Waals surface area contributed by atoms with Gasteiger partial charge in [-0.15, -0.1) is 0 Å². The van der Waals surface area contributed by atoms with Gasteiger partial charge in [-0.3, -0.25) is 0 Å². The van der Waals surface area contributed by atoms with E-state index >= 15 is 0 Å². The highest BCUT2D eigenvalue weighted by Gasteiger charge is 2.21. The lowest BCUT2D eigenvalue weighted by Gasteiger charge is -2.12. The molecule has 2 aromatic carbocycles. The molecule has 0 radical (unpaired) electrons. The van der Waals surface area contributed by atoms with Crippen LogP contribution in [-0.2, 0) is 13.0 Å². The summed E-state index contributed by atoms with van der Waals surface area (Å²) >= 11 is 0. The van der Waals surface area contributed by atoms with Crippen molar-refractivity contribution in [2.75, 3.05) is 6.54 Å². The first kappa shape index (κ1) is 12.9. The maximum atomic E-state index is 13.1. The Labute approximate surface area is 117 Å². The highest BCUT2D eigenvalue weighted by molar-refractivity contribution is 5.37. The van der Waals surface area contributed by atoms with E-state index in [1.807, 2.05) is 18.2 Å². The zero-order valence-electron chi connectivity index (χ0n) is 11.0. The Balaban J connectivity index is 1.52. The molecule has 4 heteroatoms. The lowest BCUT2D eigenvalue weighted by atomic mass is 10.1. The molecule has 1 aliphatic rings. The van der Waals surface area contributed by atoms with Gasteiger partial charge < -0.3 is 15.2 Å². The van der Waals surface area contributed by atoms with Crippen LogP contribution in [0, 0.1) is 5.82 Å². The van der Waals surface area contributed by atoms with Crippen molar-refractivity contribution < 1.29 is 14.2 Å². The molecule has 1 heterocycles. The number of rotatable bonds is 4. The van der Waals surface area contributed by atoms with E-state index < -0.39 is 5.82 Å². The third-order valence-corrected chi connectivity index (χ3v) is 3.36. The number of para-hydroxylation sites is 1. The third-order valence-electron chi connectivity index (χ3n) is 3.36. The van der Waals surface area contributed by atoms with Gasteiger partial charge in [0.1, 0.15) is 23.4 Å². The van der Waals surface area contributed by atoms with Crippen molar-refractivity contribution in [2.24, 2.45) is 0 Å². The smallest absolute Gasteiger partial charge is 0.127 e. The zero-order chi connectivity index (χ0) is 13.9. The quantitative estimate of drug-likeness (QED) is 0.899. The van der Waals surface area contributed by atoms with Crippen molar-refractivity contribution in [2.45, 2.75) is 19.1 Å². The van der Waals surface area contributed by atoms with Crippen LogP contribution in [0.2, 0.25) is 0 Å². The van der Waals surface area contributed by atoms with Crippen LogP contribution in [0.5, 0.6) is 11.5 Å². The Morgan fingerprint density at radius 3 is 2.90 bits per heavy atom. The van der Waals surface area contributed by atoms with Crippen molar-refractivity contribution in [1.82, 2.24) is 5.32 Å². The molecular weight excluding hydrogens is 257 g/mol. The second kappa shape index (κ2) is 5.51. The number of phenols is 1. The van der Waals surface area contributed by atoms with Crippen molar-refractivity contribution in [3.05, 3.63) is 59.4 Å². The first-order valence-corrected chi connectivity index (χ1v) is 6.64. The molecule has 3 nitrogen and oxygen atoms in total. The summed E-state index contributed by atoms with van der Waals surface area (Å²) in [5.74, 6) is 0.473. The second-order valence-electron chi connectivity index (χ2n) is 5.00. The van der Waals surface area contributed by atoms with Gasteiger partial charge >= 0.3 is 0 Å². The van der Waals surface area contributed by atoms with E-state index in [1.54, 1.807) is 6.07 Å². The number of nitrogens with one attached hydrogen (secondary N) is 1. The SMILES string of the molecule is Oc1cc(F)cc(CNCC2Cc3ccccc3O2)c1. The number of hydrogen-bond donors (Lipinski definition) is 2. The van der Waals surface area contributed by atoms with Gasteiger partial charge in [0.2, 0.25) is 0 Å². The minimum Gasteiger partial charge on any atom is -0.508 e. The van der Waals surface area contributed by atoms with Crippen LogP contribution in [0.4, 0.5) is 4.39 Å². The summed E-state index contributed by atoms with van der Waals surface area (Å²) in [7, 11) is 0. The van der Waals surface area contributed by atoms with Crippen LogP contribution in [0.3, 0.4) is 0 Å². The van der Waals surface area contributed by atoms with Crippen molar-refractivity contribution in [3.8, 4) is 11.5 Å². The largest absolute Gasteiger partial charge is 0.508 e. The fraction of sp³-hybridized carbons (Fsp3) is 0.250. The summed E-state index contributed by atoms with van der Waals surface area (Å²) in [4.78, 5) is 0. The molecule has 0 spiro atoms. The topological polar surface area (TPSA) is 41.5 Å². The molecule has 0 aromatic heterocycles. The molecule has 0 aliphatic carbocycles. The van der Waals surface area contributed by atoms with Gasteiger partial charge in [0.05, 0.1) is 0 Å². The molecule has 20 heavy (non-hydrogen) atoms. The number of aromatic hydroxyl groups is 1. The van der Waals surface area contributed by atoms with Crippen LogP contribution in [-0.4, -0.2) is 17.8 Å². The Morgan fingerprint density at radius 2 is 2.10 bits per heavy atom. The van der Waals surface area contributed by atoms with E-state index in [2.05, 4.69) is 11.4 Å². The minimum absolute atomic E-state index is 0.0497. The average molecular weight is 273 g/mol. The van der Waals surface area contributed by atoms with Gasteiger partial charge in [0.15, 0.2) is 0 Å². The molecule has 1 atom stereocenters. The third kappa shape index (κ3) is 2.91. The van der Waals surface area contributed by atoms with Gasteiger partial charge in [-0.25, -0.2) is 4.39 Å². The average Bonchev–Trinajstić information content (AvgIpc) is 2.80. The number of halogens is 1. The zero-order valence-corrected chi connectivity index (χ0v) is 11.0. The Bertz CT molecular complexity index is 570. The fourth-order valence-electron chi connectivity index (χ4n) is 2.48. The van der Waals surface area contributed by atoms with Crippen LogP contribution in [0.15, 0.2) is 42.5 Å². The molecule has 1 unspecified atom stereocenters. The van der Waals surface area contributed by atoms with E-state index in [0.717, 1.165) is 23.8 Å². The lowest BCUT2D eigenvalue weighted by Crippen LogP contribution is -2.29. The van der Waals surface area contributed by atoms with E-state index in [1.165, 1.54) is 11.6 Å². The molecular formula is C16H16FNO2. The van der Waals surface area contributed by atoms with E-state index in [0.29, 0.717) is 13.1 Å². The maximum absolute atomic E-state index is 13.1. The molecule has 104 valence electrons. The number of fused-ring (bicyclic) bond motifs is 1. The fourth-order valence-corrected chi connectivity index (χ4v) is 2.48. The molecule has 0 saturated carbocycles. The normalized spacial score (nSPS) is 16.8. The number of hydrogen-bond acceptors (Lipinski definition) is 3. The van der Waals surface area contributed by atoms with Gasteiger partial charge in [-0.1, -0.05) is 18.2 Å². The first-order chi connectivity index (χ1) is 9.70. The highest BCUT2D eigenvalue weighted by atomic mass is 19.1. The van der Waals surface area contributed by atoms with Crippen LogP contribution in [0.1, 0.15) is 11.1 Å². The van der Waals surface area contributed by atoms with Gasteiger partial charge in [0.25, 0.3) is 0 Å². The van der Waals surface area contributed by atoms with Gasteiger partial charge in [-0.2, -0.15) is 0 Å². The minimum atomic E-state index is -0.425. The van der Waals surface area contributed by atoms with Crippen LogP contribution < -0.4 is 10.1 Å². The standard InChI is InChI=1S/C16H16FNO2/c17-13-5-11(6-14(19)8-13)9-18-10-15-7-12-3-1-2-4-16(12)20-15/h1-6,8,15,18-19H,7,9-10H2. The summed E-state index contributed by atoms with van der Waals surface area (Å²) < 4.78 is 18.9. The number of phenolic OH excluding ortho intramolecular Hbond substituents is 1. The summed E-state index contributed by atoms with van der Waals surface area (Å²) in [6.45, 7) is 1.19. The summed E-state index contributed by atoms with van der Waals surface area (Å²) in [5.41, 5.74) is 1.95. The van der Waals surface area contributed by atoms with Gasteiger partial charge in [0, 0.05) is 25.6 Å². The molecule has 1 aliphatic heterocycles. The van der Waals surface area contributed by atoms with Crippen molar-refractivity contribution >= 4 is 0 Å². The molecule has 2 N–H and O–H groups in total. The van der Waals surface area contributed by atoms with Crippen LogP contribution >= 0.6 is 0 Å². The predicted molar refractivity (Wildman–Crippen MR) is 74.3 cm³/mol. The van der Waals surface area contributed by atoms with E-state index in [4.69, 9.17) is 4.74 Å². The highest BCUT2D eigenvalue weighted by Crippen LogP contribution is 2.27. The number of ether oxygens (including phenoxy) is 1. The summed E-state index contributed by atoms with van der Waals surface area (Å²) in [5, 5.41) is 12.6. The monoisotopic (exact) mass is 273 g/mol. The summed E-state index contributed by atoms with van der Waals surface area (Å²) in [6.07, 6.45) is 0.993. The molecule has 0 fully saturated rings. The lowest BCUT2D eigenvalue weighted by molar-refractivity contribution is 0.227. The summed E-state index contributed by atoms with van der Waals surface area (Å²) in [6, 6.07) is 12.1. The maximum Gasteiger partial charge on any atom is 0.127 e. The van der Waals surface area contributed by atoms with Crippen molar-refractivity contribution in [3.63, 3.8) is 0 Å². The number of benzene rings is 2. The van der Waals surface area contributed by atoms with E-state index in [9.17, 15) is 9.50 Å². The van der Waals surface area contributed by atoms with Crippen LogP contribution in [0.25, 0.3) is 0 Å².